The van der Waals surface area contributed by atoms with Crippen LogP contribution in [0.25, 0.3) is 0 Å². The highest BCUT2D eigenvalue weighted by Crippen LogP contribution is 2.08. The minimum atomic E-state index is -0.513. The summed E-state index contributed by atoms with van der Waals surface area (Å²) in [5.74, 6) is 0. The van der Waals surface area contributed by atoms with E-state index in [9.17, 15) is 4.79 Å². The number of methoxy groups -OCH3 is 1. The highest BCUT2D eigenvalue weighted by atomic mass is 16.6. The van der Waals surface area contributed by atoms with Crippen molar-refractivity contribution >= 4 is 12.5 Å². The van der Waals surface area contributed by atoms with E-state index >= 15 is 0 Å². The average molecular weight is 188 g/mol. The van der Waals surface area contributed by atoms with Gasteiger partial charge in [0.2, 0.25) is 0 Å². The number of hydrogen-bond donors (Lipinski definition) is 0. The SMILES string of the molecule is COC=NN(C)C(=O)OC(C)(C)C. The van der Waals surface area contributed by atoms with E-state index in [1.54, 1.807) is 20.8 Å². The standard InChI is InChI=1S/C8H16N2O3/c1-8(2,3)13-7(11)10(4)9-6-12-5/h6H,1-5H3. The van der Waals surface area contributed by atoms with E-state index in [1.807, 2.05) is 0 Å². The molecule has 76 valence electrons. The lowest BCUT2D eigenvalue weighted by atomic mass is 10.2. The summed E-state index contributed by atoms with van der Waals surface area (Å²) in [6.07, 6.45) is 0.644. The van der Waals surface area contributed by atoms with Gasteiger partial charge in [-0.2, -0.15) is 5.01 Å². The van der Waals surface area contributed by atoms with Gasteiger partial charge >= 0.3 is 6.09 Å². The van der Waals surface area contributed by atoms with Crippen molar-refractivity contribution in [1.82, 2.24) is 5.01 Å². The fraction of sp³-hybridized carbons (Fsp3) is 0.750. The summed E-state index contributed by atoms with van der Waals surface area (Å²) in [6, 6.07) is 0. The summed E-state index contributed by atoms with van der Waals surface area (Å²) in [5, 5.41) is 4.70. The third-order valence-corrected chi connectivity index (χ3v) is 0.983. The largest absolute Gasteiger partial charge is 0.485 e. The molecule has 0 spiro atoms. The molecule has 0 rings (SSSR count). The number of rotatable bonds is 2. The zero-order valence-electron chi connectivity index (χ0n) is 8.70. The van der Waals surface area contributed by atoms with Gasteiger partial charge in [0.25, 0.3) is 0 Å². The number of hydrazone groups is 1. The summed E-state index contributed by atoms with van der Waals surface area (Å²) < 4.78 is 9.57. The van der Waals surface area contributed by atoms with Crippen LogP contribution in [0.2, 0.25) is 0 Å². The predicted octanol–water partition coefficient (Wildman–Crippen LogP) is 1.44. The fourth-order valence-corrected chi connectivity index (χ4v) is 0.493. The molecule has 0 bridgehead atoms. The first-order chi connectivity index (χ1) is 5.87. The maximum atomic E-state index is 11.2. The molecule has 0 saturated heterocycles. The lowest BCUT2D eigenvalue weighted by Gasteiger charge is -2.21. The van der Waals surface area contributed by atoms with Gasteiger partial charge in [0.05, 0.1) is 7.11 Å². The number of ether oxygens (including phenoxy) is 2. The van der Waals surface area contributed by atoms with Crippen LogP contribution in [0.5, 0.6) is 0 Å². The van der Waals surface area contributed by atoms with Gasteiger partial charge in [0, 0.05) is 7.05 Å². The van der Waals surface area contributed by atoms with Crippen LogP contribution in [0.3, 0.4) is 0 Å². The number of hydrogen-bond acceptors (Lipinski definition) is 4. The molecule has 5 heteroatoms. The first-order valence-electron chi connectivity index (χ1n) is 3.89. The van der Waals surface area contributed by atoms with Crippen molar-refractivity contribution in [3.63, 3.8) is 0 Å². The monoisotopic (exact) mass is 188 g/mol. The minimum Gasteiger partial charge on any atom is -0.485 e. The van der Waals surface area contributed by atoms with Crippen LogP contribution in [0.15, 0.2) is 5.10 Å². The van der Waals surface area contributed by atoms with Crippen molar-refractivity contribution in [1.29, 1.82) is 0 Å². The molecule has 5 nitrogen and oxygen atoms in total. The van der Waals surface area contributed by atoms with Crippen molar-refractivity contribution in [3.05, 3.63) is 0 Å². The van der Waals surface area contributed by atoms with Gasteiger partial charge in [0.15, 0.2) is 6.40 Å². The summed E-state index contributed by atoms with van der Waals surface area (Å²) in [4.78, 5) is 11.2. The smallest absolute Gasteiger partial charge is 0.430 e. The van der Waals surface area contributed by atoms with Gasteiger partial charge in [-0.05, 0) is 20.8 Å². The summed E-state index contributed by atoms with van der Waals surface area (Å²) in [7, 11) is 2.94. The van der Waals surface area contributed by atoms with Crippen molar-refractivity contribution in [2.24, 2.45) is 5.10 Å². The van der Waals surface area contributed by atoms with Crippen molar-refractivity contribution in [3.8, 4) is 0 Å². The van der Waals surface area contributed by atoms with E-state index in [-0.39, 0.29) is 0 Å². The molecule has 0 fully saturated rings. The summed E-state index contributed by atoms with van der Waals surface area (Å²) in [6.45, 7) is 5.37. The molecule has 0 aliphatic rings. The lowest BCUT2D eigenvalue weighted by molar-refractivity contribution is 0.0300. The topological polar surface area (TPSA) is 51.1 Å². The molecule has 0 radical (unpaired) electrons. The van der Waals surface area contributed by atoms with Gasteiger partial charge in [0.1, 0.15) is 5.60 Å². The molecule has 13 heavy (non-hydrogen) atoms. The zero-order valence-corrected chi connectivity index (χ0v) is 8.70. The van der Waals surface area contributed by atoms with Crippen LogP contribution in [-0.4, -0.2) is 37.3 Å². The Bertz CT molecular complexity index is 196. The van der Waals surface area contributed by atoms with Gasteiger partial charge in [-0.25, -0.2) is 4.79 Å². The first kappa shape index (κ1) is 11.7. The Hall–Kier alpha value is -1.26. The van der Waals surface area contributed by atoms with Crippen LogP contribution < -0.4 is 0 Å². The zero-order chi connectivity index (χ0) is 10.5. The summed E-state index contributed by atoms with van der Waals surface area (Å²) >= 11 is 0. The number of nitrogens with zero attached hydrogens (tertiary/aromatic N) is 2. The first-order valence-corrected chi connectivity index (χ1v) is 3.89. The molecule has 0 aliphatic heterocycles. The molecule has 0 heterocycles. The van der Waals surface area contributed by atoms with Crippen molar-refractivity contribution in [2.75, 3.05) is 14.2 Å². The Kier molecular flexibility index (Phi) is 4.23. The van der Waals surface area contributed by atoms with Crippen molar-refractivity contribution < 1.29 is 14.3 Å². The quantitative estimate of drug-likeness (QED) is 0.374. The second-order valence-electron chi connectivity index (χ2n) is 3.46. The second kappa shape index (κ2) is 4.69. The molecule has 0 aliphatic carbocycles. The maximum Gasteiger partial charge on any atom is 0.430 e. The number of amides is 1. The Labute approximate surface area is 78.3 Å². The van der Waals surface area contributed by atoms with Gasteiger partial charge in [-0.3, -0.25) is 0 Å². The minimum absolute atomic E-state index is 0.506. The van der Waals surface area contributed by atoms with Gasteiger partial charge < -0.3 is 9.47 Å². The summed E-state index contributed by atoms with van der Waals surface area (Å²) in [5.41, 5.74) is -0.506. The van der Waals surface area contributed by atoms with E-state index < -0.39 is 11.7 Å². The number of carbonyl (C=O) groups excluding carboxylic acids is 1. The molecule has 1 amide bonds. The van der Waals surface area contributed by atoms with E-state index in [0.29, 0.717) is 0 Å². The van der Waals surface area contributed by atoms with Crippen LogP contribution >= 0.6 is 0 Å². The fourth-order valence-electron chi connectivity index (χ4n) is 0.493. The number of carbonyl (C=O) groups is 1. The molecule has 0 unspecified atom stereocenters. The molecule has 0 atom stereocenters. The normalized spacial score (nSPS) is 11.5. The Morgan fingerprint density at radius 3 is 2.38 bits per heavy atom. The average Bonchev–Trinajstić information content (AvgIpc) is 1.96. The van der Waals surface area contributed by atoms with Crippen molar-refractivity contribution in [2.45, 2.75) is 26.4 Å². The van der Waals surface area contributed by atoms with Gasteiger partial charge in [-0.15, -0.1) is 5.10 Å². The van der Waals surface area contributed by atoms with Gasteiger partial charge in [-0.1, -0.05) is 0 Å². The Morgan fingerprint density at radius 1 is 1.46 bits per heavy atom. The van der Waals surface area contributed by atoms with E-state index in [1.165, 1.54) is 14.2 Å². The third kappa shape index (κ3) is 5.95. The highest BCUT2D eigenvalue weighted by Gasteiger charge is 2.18. The molecule has 0 aromatic rings. The molecule has 0 aromatic carbocycles. The van der Waals surface area contributed by atoms with Crippen LogP contribution in [0, 0.1) is 0 Å². The predicted molar refractivity (Wildman–Crippen MR) is 49.5 cm³/mol. The van der Waals surface area contributed by atoms with Crippen LogP contribution in [0.1, 0.15) is 20.8 Å². The van der Waals surface area contributed by atoms with Crippen LogP contribution in [0.4, 0.5) is 4.79 Å². The Balaban J connectivity index is 4.04. The highest BCUT2D eigenvalue weighted by molar-refractivity contribution is 5.68. The second-order valence-corrected chi connectivity index (χ2v) is 3.46. The van der Waals surface area contributed by atoms with Crippen LogP contribution in [-0.2, 0) is 9.47 Å². The molecular weight excluding hydrogens is 172 g/mol. The van der Waals surface area contributed by atoms with E-state index in [0.717, 1.165) is 11.4 Å². The third-order valence-electron chi connectivity index (χ3n) is 0.983. The molecule has 0 N–H and O–H groups in total. The molecule has 0 aromatic heterocycles. The Morgan fingerprint density at radius 2 is 2.00 bits per heavy atom. The van der Waals surface area contributed by atoms with E-state index in [4.69, 9.17) is 4.74 Å². The van der Waals surface area contributed by atoms with E-state index in [2.05, 4.69) is 9.84 Å². The lowest BCUT2D eigenvalue weighted by Crippen LogP contribution is -2.31. The maximum absolute atomic E-state index is 11.2. The molecule has 0 saturated carbocycles. The molecular formula is C8H16N2O3.